The number of nitrogens with zero attached hydrogens (tertiary/aromatic N) is 3. The van der Waals surface area contributed by atoms with Crippen LogP contribution in [0, 0.1) is 0 Å². The van der Waals surface area contributed by atoms with Crippen molar-refractivity contribution in [2.45, 2.75) is 32.4 Å². The maximum atomic E-state index is 4.51. The monoisotopic (exact) mass is 300 g/mol. The Labute approximate surface area is 111 Å². The van der Waals surface area contributed by atoms with Crippen molar-refractivity contribution in [1.82, 2.24) is 20.0 Å². The van der Waals surface area contributed by atoms with E-state index in [-0.39, 0.29) is 0 Å². The minimum absolute atomic E-state index is 0.617. The van der Waals surface area contributed by atoms with Gasteiger partial charge >= 0.3 is 0 Å². The Bertz CT molecular complexity index is 388. The van der Waals surface area contributed by atoms with Crippen LogP contribution >= 0.6 is 15.9 Å². The summed E-state index contributed by atoms with van der Waals surface area (Å²) in [5.41, 5.74) is 2.39. The van der Waals surface area contributed by atoms with E-state index in [0.29, 0.717) is 6.04 Å². The molecule has 1 fully saturated rings. The van der Waals surface area contributed by atoms with Gasteiger partial charge in [-0.3, -0.25) is 4.68 Å². The van der Waals surface area contributed by atoms with Gasteiger partial charge in [0.2, 0.25) is 0 Å². The number of halogens is 1. The average Bonchev–Trinajstić information content (AvgIpc) is 2.82. The summed E-state index contributed by atoms with van der Waals surface area (Å²) in [5.74, 6) is 0. The average molecular weight is 301 g/mol. The van der Waals surface area contributed by atoms with E-state index in [9.17, 15) is 0 Å². The first kappa shape index (κ1) is 13.1. The van der Waals surface area contributed by atoms with Crippen LogP contribution in [0.5, 0.6) is 0 Å². The largest absolute Gasteiger partial charge is 0.307 e. The molecular formula is C12H21BrN4. The SMILES string of the molecule is CCc1nn(C)c(CNC2CCN(C)C2)c1Br. The van der Waals surface area contributed by atoms with Crippen molar-refractivity contribution >= 4 is 15.9 Å². The maximum absolute atomic E-state index is 4.51. The van der Waals surface area contributed by atoms with E-state index in [1.165, 1.54) is 23.1 Å². The lowest BCUT2D eigenvalue weighted by Crippen LogP contribution is -2.31. The van der Waals surface area contributed by atoms with Crippen molar-refractivity contribution in [1.29, 1.82) is 0 Å². The van der Waals surface area contributed by atoms with Crippen LogP contribution in [0.1, 0.15) is 24.7 Å². The van der Waals surface area contributed by atoms with Gasteiger partial charge in [0.05, 0.1) is 15.9 Å². The first-order valence-corrected chi connectivity index (χ1v) is 7.03. The van der Waals surface area contributed by atoms with Gasteiger partial charge in [-0.25, -0.2) is 0 Å². The topological polar surface area (TPSA) is 33.1 Å². The molecule has 0 bridgehead atoms. The molecule has 2 rings (SSSR count). The molecule has 1 atom stereocenters. The van der Waals surface area contributed by atoms with Gasteiger partial charge in [0.1, 0.15) is 0 Å². The summed E-state index contributed by atoms with van der Waals surface area (Å²) in [6.07, 6.45) is 2.22. The molecule has 1 unspecified atom stereocenters. The summed E-state index contributed by atoms with van der Waals surface area (Å²) in [4.78, 5) is 2.37. The second kappa shape index (κ2) is 5.50. The molecule has 1 aromatic heterocycles. The van der Waals surface area contributed by atoms with E-state index in [2.05, 4.69) is 45.2 Å². The lowest BCUT2D eigenvalue weighted by atomic mass is 10.2. The fraction of sp³-hybridized carbons (Fsp3) is 0.750. The molecule has 1 saturated heterocycles. The highest BCUT2D eigenvalue weighted by atomic mass is 79.9. The zero-order valence-corrected chi connectivity index (χ0v) is 12.4. The number of nitrogens with one attached hydrogen (secondary N) is 1. The molecule has 1 aromatic rings. The summed E-state index contributed by atoms with van der Waals surface area (Å²) in [6.45, 7) is 5.37. The number of aromatic nitrogens is 2. The number of likely N-dealkylation sites (tertiary alicyclic amines) is 1. The van der Waals surface area contributed by atoms with Crippen LogP contribution in [0.4, 0.5) is 0 Å². The van der Waals surface area contributed by atoms with Crippen LogP contribution in [0.3, 0.4) is 0 Å². The van der Waals surface area contributed by atoms with Gasteiger partial charge in [0.25, 0.3) is 0 Å². The molecular weight excluding hydrogens is 280 g/mol. The molecule has 0 amide bonds. The Morgan fingerprint density at radius 2 is 2.24 bits per heavy atom. The van der Waals surface area contributed by atoms with E-state index in [1.807, 2.05) is 11.7 Å². The fourth-order valence-electron chi connectivity index (χ4n) is 2.35. The predicted octanol–water partition coefficient (Wildman–Crippen LogP) is 1.54. The zero-order valence-electron chi connectivity index (χ0n) is 10.8. The molecule has 0 spiro atoms. The molecule has 1 N–H and O–H groups in total. The van der Waals surface area contributed by atoms with E-state index >= 15 is 0 Å². The van der Waals surface area contributed by atoms with Crippen LogP contribution in [0.15, 0.2) is 4.47 Å². The number of rotatable bonds is 4. The lowest BCUT2D eigenvalue weighted by Gasteiger charge is -2.13. The van der Waals surface area contributed by atoms with Gasteiger partial charge in [0.15, 0.2) is 0 Å². The molecule has 0 saturated carbocycles. The summed E-state index contributed by atoms with van der Waals surface area (Å²) in [5, 5.41) is 8.12. The molecule has 1 aliphatic heterocycles. The van der Waals surface area contributed by atoms with Gasteiger partial charge in [-0.1, -0.05) is 6.92 Å². The van der Waals surface area contributed by atoms with Crippen LogP contribution < -0.4 is 5.32 Å². The molecule has 2 heterocycles. The highest BCUT2D eigenvalue weighted by molar-refractivity contribution is 9.10. The highest BCUT2D eigenvalue weighted by Gasteiger charge is 2.20. The Morgan fingerprint density at radius 3 is 2.76 bits per heavy atom. The van der Waals surface area contributed by atoms with E-state index < -0.39 is 0 Å². The Kier molecular flexibility index (Phi) is 4.22. The van der Waals surface area contributed by atoms with E-state index in [4.69, 9.17) is 0 Å². The first-order chi connectivity index (χ1) is 8.11. The second-order valence-corrected chi connectivity index (χ2v) is 5.61. The summed E-state index contributed by atoms with van der Waals surface area (Å²) in [6, 6.07) is 0.617. The molecule has 0 aromatic carbocycles. The summed E-state index contributed by atoms with van der Waals surface area (Å²) >= 11 is 3.65. The number of likely N-dealkylation sites (N-methyl/N-ethyl adjacent to an activating group) is 1. The minimum atomic E-state index is 0.617. The second-order valence-electron chi connectivity index (χ2n) is 4.81. The third-order valence-electron chi connectivity index (χ3n) is 3.45. The first-order valence-electron chi connectivity index (χ1n) is 6.24. The third kappa shape index (κ3) is 2.89. The standard InChI is InChI=1S/C12H21BrN4/c1-4-10-12(13)11(17(3)15-10)7-14-9-5-6-16(2)8-9/h9,14H,4-8H2,1-3H3. The summed E-state index contributed by atoms with van der Waals surface area (Å²) < 4.78 is 3.15. The van der Waals surface area contributed by atoms with E-state index in [1.54, 1.807) is 0 Å². The Hall–Kier alpha value is -0.390. The van der Waals surface area contributed by atoms with Gasteiger partial charge in [-0.2, -0.15) is 5.10 Å². The van der Waals surface area contributed by atoms with Crippen LogP contribution in [0.25, 0.3) is 0 Å². The molecule has 0 radical (unpaired) electrons. The van der Waals surface area contributed by atoms with Crippen LogP contribution in [-0.2, 0) is 20.0 Å². The van der Waals surface area contributed by atoms with Crippen molar-refractivity contribution in [3.05, 3.63) is 15.9 Å². The molecule has 17 heavy (non-hydrogen) atoms. The fourth-order valence-corrected chi connectivity index (χ4v) is 3.11. The highest BCUT2D eigenvalue weighted by Crippen LogP contribution is 2.21. The molecule has 4 nitrogen and oxygen atoms in total. The Morgan fingerprint density at radius 1 is 1.47 bits per heavy atom. The maximum Gasteiger partial charge on any atom is 0.0767 e. The number of hydrogen-bond acceptors (Lipinski definition) is 3. The molecule has 0 aliphatic carbocycles. The smallest absolute Gasteiger partial charge is 0.0767 e. The van der Waals surface area contributed by atoms with Crippen molar-refractivity contribution in [2.75, 3.05) is 20.1 Å². The third-order valence-corrected chi connectivity index (χ3v) is 4.37. The van der Waals surface area contributed by atoms with Gasteiger partial charge < -0.3 is 10.2 Å². The van der Waals surface area contributed by atoms with Crippen molar-refractivity contribution in [3.8, 4) is 0 Å². The number of hydrogen-bond donors (Lipinski definition) is 1. The number of aryl methyl sites for hydroxylation is 2. The van der Waals surface area contributed by atoms with Gasteiger partial charge in [-0.15, -0.1) is 0 Å². The van der Waals surface area contributed by atoms with Crippen molar-refractivity contribution in [2.24, 2.45) is 7.05 Å². The lowest BCUT2D eigenvalue weighted by molar-refractivity contribution is 0.396. The summed E-state index contributed by atoms with van der Waals surface area (Å²) in [7, 11) is 4.19. The van der Waals surface area contributed by atoms with Crippen LogP contribution in [0.2, 0.25) is 0 Å². The quantitative estimate of drug-likeness (QED) is 0.916. The molecule has 1 aliphatic rings. The predicted molar refractivity (Wildman–Crippen MR) is 73.0 cm³/mol. The van der Waals surface area contributed by atoms with Crippen LogP contribution in [-0.4, -0.2) is 40.9 Å². The van der Waals surface area contributed by atoms with E-state index in [0.717, 1.165) is 25.2 Å². The van der Waals surface area contributed by atoms with Crippen molar-refractivity contribution in [3.63, 3.8) is 0 Å². The van der Waals surface area contributed by atoms with Gasteiger partial charge in [-0.05, 0) is 42.4 Å². The minimum Gasteiger partial charge on any atom is -0.307 e. The van der Waals surface area contributed by atoms with Crippen molar-refractivity contribution < 1.29 is 0 Å². The normalized spacial score (nSPS) is 21.3. The molecule has 96 valence electrons. The molecule has 5 heteroatoms. The van der Waals surface area contributed by atoms with Gasteiger partial charge in [0, 0.05) is 26.2 Å². The Balaban J connectivity index is 1.97. The zero-order chi connectivity index (χ0) is 12.4.